The summed E-state index contributed by atoms with van der Waals surface area (Å²) in [5, 5.41) is 12.2. The number of nitrogens with one attached hydrogen (secondary N) is 1. The quantitative estimate of drug-likeness (QED) is 0.430. The van der Waals surface area contributed by atoms with E-state index in [0.717, 1.165) is 17.0 Å². The van der Waals surface area contributed by atoms with Gasteiger partial charge in [-0.25, -0.2) is 0 Å². The van der Waals surface area contributed by atoms with Crippen molar-refractivity contribution in [2.45, 2.75) is 12.1 Å². The molecule has 0 aliphatic heterocycles. The first kappa shape index (κ1) is 20.9. The average Bonchev–Trinajstić information content (AvgIpc) is 3.17. The summed E-state index contributed by atoms with van der Waals surface area (Å²) in [5.74, 6) is 1.66. The van der Waals surface area contributed by atoms with Crippen LogP contribution in [0.5, 0.6) is 5.75 Å². The number of hydrogen-bond acceptors (Lipinski definition) is 6. The molecular formula is C21H24N4O3S. The van der Waals surface area contributed by atoms with Crippen LogP contribution in [0.2, 0.25) is 0 Å². The molecule has 1 heterocycles. The van der Waals surface area contributed by atoms with E-state index in [1.807, 2.05) is 60.0 Å². The second-order valence-corrected chi connectivity index (χ2v) is 7.28. The maximum Gasteiger partial charge on any atom is 0.230 e. The lowest BCUT2D eigenvalue weighted by molar-refractivity contribution is -0.118. The molecule has 2 aromatic carbocycles. The lowest BCUT2D eigenvalue weighted by atomic mass is 10.2. The van der Waals surface area contributed by atoms with Gasteiger partial charge in [0.15, 0.2) is 11.0 Å². The molecule has 0 saturated carbocycles. The van der Waals surface area contributed by atoms with E-state index in [-0.39, 0.29) is 11.7 Å². The highest BCUT2D eigenvalue weighted by molar-refractivity contribution is 7.99. The topological polar surface area (TPSA) is 78.3 Å². The lowest BCUT2D eigenvalue weighted by Gasteiger charge is -2.11. The van der Waals surface area contributed by atoms with Gasteiger partial charge < -0.3 is 14.8 Å². The van der Waals surface area contributed by atoms with Crippen molar-refractivity contribution in [3.05, 3.63) is 54.1 Å². The predicted octanol–water partition coefficient (Wildman–Crippen LogP) is 3.11. The standard InChI is InChI=1S/C21H24N4O3S/c1-15-4-8-17(9-5-15)25-20(16-6-10-18(28-3)11-7-16)23-24-21(25)29-14-19(26)22-12-13-27-2/h4-11H,12-14H2,1-3H3,(H,22,26). The van der Waals surface area contributed by atoms with Crippen LogP contribution in [0.15, 0.2) is 53.7 Å². The second kappa shape index (κ2) is 10.1. The number of aryl methyl sites for hydroxylation is 1. The second-order valence-electron chi connectivity index (χ2n) is 6.34. The zero-order valence-corrected chi connectivity index (χ0v) is 17.5. The summed E-state index contributed by atoms with van der Waals surface area (Å²) < 4.78 is 12.2. The molecule has 1 amide bonds. The maximum atomic E-state index is 12.1. The third-order valence-electron chi connectivity index (χ3n) is 4.23. The number of thioether (sulfide) groups is 1. The zero-order valence-electron chi connectivity index (χ0n) is 16.7. The first-order chi connectivity index (χ1) is 14.1. The minimum atomic E-state index is -0.0727. The summed E-state index contributed by atoms with van der Waals surface area (Å²) in [4.78, 5) is 12.1. The van der Waals surface area contributed by atoms with Crippen molar-refractivity contribution < 1.29 is 14.3 Å². The molecule has 0 fully saturated rings. The molecule has 3 rings (SSSR count). The largest absolute Gasteiger partial charge is 0.497 e. The number of carbonyl (C=O) groups excluding carboxylic acids is 1. The molecule has 3 aromatic rings. The third-order valence-corrected chi connectivity index (χ3v) is 5.16. The molecule has 0 spiro atoms. The molecule has 0 radical (unpaired) electrons. The lowest BCUT2D eigenvalue weighted by Crippen LogP contribution is -2.28. The molecule has 152 valence electrons. The van der Waals surface area contributed by atoms with E-state index in [4.69, 9.17) is 9.47 Å². The minimum absolute atomic E-state index is 0.0727. The van der Waals surface area contributed by atoms with Gasteiger partial charge in [0.25, 0.3) is 0 Å². The van der Waals surface area contributed by atoms with Gasteiger partial charge in [0, 0.05) is 24.9 Å². The summed E-state index contributed by atoms with van der Waals surface area (Å²) in [6.45, 7) is 3.01. The van der Waals surface area contributed by atoms with E-state index in [9.17, 15) is 4.79 Å². The summed E-state index contributed by atoms with van der Waals surface area (Å²) in [7, 11) is 3.24. The van der Waals surface area contributed by atoms with Crippen molar-refractivity contribution in [1.82, 2.24) is 20.1 Å². The monoisotopic (exact) mass is 412 g/mol. The summed E-state index contributed by atoms with van der Waals surface area (Å²) in [6.07, 6.45) is 0. The van der Waals surface area contributed by atoms with Gasteiger partial charge in [0.1, 0.15) is 5.75 Å². The smallest absolute Gasteiger partial charge is 0.230 e. The fourth-order valence-electron chi connectivity index (χ4n) is 2.69. The highest BCUT2D eigenvalue weighted by Gasteiger charge is 2.17. The molecular weight excluding hydrogens is 388 g/mol. The van der Waals surface area contributed by atoms with E-state index in [1.54, 1.807) is 14.2 Å². The van der Waals surface area contributed by atoms with Crippen LogP contribution < -0.4 is 10.1 Å². The number of ether oxygens (including phenoxy) is 2. The van der Waals surface area contributed by atoms with Gasteiger partial charge in [-0.15, -0.1) is 10.2 Å². The Balaban J connectivity index is 1.88. The Morgan fingerprint density at radius 3 is 2.45 bits per heavy atom. The van der Waals surface area contributed by atoms with Crippen LogP contribution in [0.4, 0.5) is 0 Å². The summed E-state index contributed by atoms with van der Waals surface area (Å²) >= 11 is 1.35. The number of carbonyl (C=O) groups is 1. The van der Waals surface area contributed by atoms with Crippen LogP contribution in [0.3, 0.4) is 0 Å². The number of amides is 1. The van der Waals surface area contributed by atoms with Crippen LogP contribution in [0.25, 0.3) is 17.1 Å². The Morgan fingerprint density at radius 1 is 1.07 bits per heavy atom. The Bertz CT molecular complexity index is 940. The van der Waals surface area contributed by atoms with Crippen molar-refractivity contribution in [3.8, 4) is 22.8 Å². The number of nitrogens with zero attached hydrogens (tertiary/aromatic N) is 3. The van der Waals surface area contributed by atoms with Gasteiger partial charge in [-0.05, 0) is 43.3 Å². The number of aromatic nitrogens is 3. The molecule has 0 unspecified atom stereocenters. The Kier molecular flexibility index (Phi) is 7.26. The van der Waals surface area contributed by atoms with Crippen LogP contribution >= 0.6 is 11.8 Å². The fraction of sp³-hybridized carbons (Fsp3) is 0.286. The van der Waals surface area contributed by atoms with Gasteiger partial charge in [-0.3, -0.25) is 9.36 Å². The number of rotatable bonds is 9. The van der Waals surface area contributed by atoms with E-state index >= 15 is 0 Å². The molecule has 7 nitrogen and oxygen atoms in total. The minimum Gasteiger partial charge on any atom is -0.497 e. The van der Waals surface area contributed by atoms with Crippen LogP contribution in [0, 0.1) is 6.92 Å². The van der Waals surface area contributed by atoms with Gasteiger partial charge >= 0.3 is 0 Å². The molecule has 1 N–H and O–H groups in total. The molecule has 0 bridgehead atoms. The van der Waals surface area contributed by atoms with E-state index < -0.39 is 0 Å². The van der Waals surface area contributed by atoms with Crippen LogP contribution in [0.1, 0.15) is 5.56 Å². The average molecular weight is 413 g/mol. The summed E-state index contributed by atoms with van der Waals surface area (Å²) in [6, 6.07) is 15.8. The van der Waals surface area contributed by atoms with Crippen molar-refractivity contribution in [1.29, 1.82) is 0 Å². The Morgan fingerprint density at radius 2 is 1.79 bits per heavy atom. The predicted molar refractivity (Wildman–Crippen MR) is 114 cm³/mol. The maximum absolute atomic E-state index is 12.1. The van der Waals surface area contributed by atoms with Crippen molar-refractivity contribution in [3.63, 3.8) is 0 Å². The Labute approximate surface area is 174 Å². The Hall–Kier alpha value is -2.84. The van der Waals surface area contributed by atoms with Gasteiger partial charge in [-0.2, -0.15) is 0 Å². The molecule has 0 aliphatic rings. The van der Waals surface area contributed by atoms with Crippen LogP contribution in [-0.2, 0) is 9.53 Å². The highest BCUT2D eigenvalue weighted by atomic mass is 32.2. The molecule has 29 heavy (non-hydrogen) atoms. The number of methoxy groups -OCH3 is 2. The molecule has 8 heteroatoms. The molecule has 0 atom stereocenters. The summed E-state index contributed by atoms with van der Waals surface area (Å²) in [5.41, 5.74) is 3.02. The van der Waals surface area contributed by atoms with E-state index in [0.29, 0.717) is 24.1 Å². The van der Waals surface area contributed by atoms with Gasteiger partial charge in [0.05, 0.1) is 19.5 Å². The first-order valence-electron chi connectivity index (χ1n) is 9.17. The SMILES string of the molecule is COCCNC(=O)CSc1nnc(-c2ccc(OC)cc2)n1-c1ccc(C)cc1. The van der Waals surface area contributed by atoms with Crippen molar-refractivity contribution in [2.75, 3.05) is 33.1 Å². The van der Waals surface area contributed by atoms with Crippen molar-refractivity contribution in [2.24, 2.45) is 0 Å². The number of hydrogen-bond donors (Lipinski definition) is 1. The zero-order chi connectivity index (χ0) is 20.6. The normalized spacial score (nSPS) is 10.7. The first-order valence-corrected chi connectivity index (χ1v) is 10.2. The molecule has 0 aliphatic carbocycles. The van der Waals surface area contributed by atoms with Gasteiger partial charge in [-0.1, -0.05) is 29.5 Å². The van der Waals surface area contributed by atoms with Gasteiger partial charge in [0.2, 0.25) is 5.91 Å². The van der Waals surface area contributed by atoms with E-state index in [1.165, 1.54) is 17.3 Å². The van der Waals surface area contributed by atoms with E-state index in [2.05, 4.69) is 15.5 Å². The van der Waals surface area contributed by atoms with Crippen LogP contribution in [-0.4, -0.2) is 53.8 Å². The van der Waals surface area contributed by atoms with Crippen molar-refractivity contribution >= 4 is 17.7 Å². The third kappa shape index (κ3) is 5.36. The molecule has 1 aromatic heterocycles. The fourth-order valence-corrected chi connectivity index (χ4v) is 3.47. The number of benzene rings is 2. The molecule has 0 saturated heterocycles. The highest BCUT2D eigenvalue weighted by Crippen LogP contribution is 2.29.